The Balaban J connectivity index is 1.92. The van der Waals surface area contributed by atoms with Crippen LogP contribution in [0.25, 0.3) is 0 Å². The van der Waals surface area contributed by atoms with Gasteiger partial charge in [0.1, 0.15) is 5.82 Å². The number of nitrogens with one attached hydrogen (secondary N) is 1. The van der Waals surface area contributed by atoms with Gasteiger partial charge in [0.15, 0.2) is 11.5 Å². The first-order valence-corrected chi connectivity index (χ1v) is 11.0. The number of carbonyl (C=O) groups is 2. The highest BCUT2D eigenvalue weighted by molar-refractivity contribution is 5.95. The van der Waals surface area contributed by atoms with Crippen molar-refractivity contribution in [2.75, 3.05) is 54.7 Å². The van der Waals surface area contributed by atoms with Crippen LogP contribution < -0.4 is 19.5 Å². The van der Waals surface area contributed by atoms with E-state index in [-0.39, 0.29) is 24.3 Å². The first kappa shape index (κ1) is 25.3. The number of rotatable bonds is 10. The third kappa shape index (κ3) is 5.59. The SMILES string of the molecule is COCCCNC(=O)[C@H]1CN(C(=O)c2ccc(F)cc2)C[C@@H]1c1cc(OC)c(OC)c(OC)c1. The molecule has 0 radical (unpaired) electrons. The average Bonchev–Trinajstić information content (AvgIpc) is 3.31. The molecule has 8 nitrogen and oxygen atoms in total. The second-order valence-electron chi connectivity index (χ2n) is 8.03. The molecule has 3 rings (SSSR count). The van der Waals surface area contributed by atoms with E-state index in [9.17, 15) is 14.0 Å². The number of halogens is 1. The Morgan fingerprint density at radius 2 is 1.65 bits per heavy atom. The van der Waals surface area contributed by atoms with Crippen molar-refractivity contribution >= 4 is 11.8 Å². The van der Waals surface area contributed by atoms with Gasteiger partial charge < -0.3 is 29.2 Å². The number of methoxy groups -OCH3 is 4. The fourth-order valence-corrected chi connectivity index (χ4v) is 4.22. The molecule has 9 heteroatoms. The lowest BCUT2D eigenvalue weighted by molar-refractivity contribution is -0.125. The minimum Gasteiger partial charge on any atom is -0.493 e. The molecule has 34 heavy (non-hydrogen) atoms. The smallest absolute Gasteiger partial charge is 0.253 e. The lowest BCUT2D eigenvalue weighted by Gasteiger charge is -2.21. The molecule has 1 N–H and O–H groups in total. The summed E-state index contributed by atoms with van der Waals surface area (Å²) in [5, 5.41) is 2.95. The maximum absolute atomic E-state index is 13.3. The molecule has 0 aliphatic carbocycles. The van der Waals surface area contributed by atoms with Gasteiger partial charge in [-0.3, -0.25) is 9.59 Å². The Morgan fingerprint density at radius 3 is 2.21 bits per heavy atom. The van der Waals surface area contributed by atoms with E-state index < -0.39 is 11.7 Å². The standard InChI is InChI=1S/C25H31FN2O6/c1-31-11-5-10-27-24(29)20-15-28(25(30)16-6-8-18(26)9-7-16)14-19(20)17-12-21(32-2)23(34-4)22(13-17)33-3/h6-9,12-13,19-20H,5,10-11,14-15H2,1-4H3,(H,27,29)/t19-,20+/m1/s1. The zero-order valence-corrected chi connectivity index (χ0v) is 19.9. The molecule has 2 atom stereocenters. The van der Waals surface area contributed by atoms with Crippen molar-refractivity contribution in [1.29, 1.82) is 0 Å². The first-order valence-electron chi connectivity index (χ1n) is 11.0. The monoisotopic (exact) mass is 474 g/mol. The number of ether oxygens (including phenoxy) is 4. The van der Waals surface area contributed by atoms with Gasteiger partial charge in [0.2, 0.25) is 11.7 Å². The van der Waals surface area contributed by atoms with E-state index in [1.165, 1.54) is 45.6 Å². The van der Waals surface area contributed by atoms with Crippen LogP contribution in [0, 0.1) is 11.7 Å². The van der Waals surface area contributed by atoms with Crippen LogP contribution in [-0.4, -0.2) is 71.4 Å². The molecule has 1 fully saturated rings. The van der Waals surface area contributed by atoms with Gasteiger partial charge in [-0.05, 0) is 48.4 Å². The summed E-state index contributed by atoms with van der Waals surface area (Å²) < 4.78 is 34.8. The third-order valence-corrected chi connectivity index (χ3v) is 5.97. The van der Waals surface area contributed by atoms with Crippen molar-refractivity contribution in [1.82, 2.24) is 10.2 Å². The van der Waals surface area contributed by atoms with Gasteiger partial charge >= 0.3 is 0 Å². The van der Waals surface area contributed by atoms with Gasteiger partial charge in [-0.1, -0.05) is 0 Å². The molecule has 2 amide bonds. The van der Waals surface area contributed by atoms with Gasteiger partial charge in [0.05, 0.1) is 27.2 Å². The molecular weight excluding hydrogens is 443 g/mol. The zero-order chi connectivity index (χ0) is 24.7. The minimum absolute atomic E-state index is 0.149. The summed E-state index contributed by atoms with van der Waals surface area (Å²) >= 11 is 0. The van der Waals surface area contributed by atoms with Crippen LogP contribution in [0.2, 0.25) is 0 Å². The van der Waals surface area contributed by atoms with Crippen LogP contribution in [0.15, 0.2) is 36.4 Å². The number of amides is 2. The fourth-order valence-electron chi connectivity index (χ4n) is 4.22. The topological polar surface area (TPSA) is 86.3 Å². The molecule has 184 valence electrons. The Morgan fingerprint density at radius 1 is 1.00 bits per heavy atom. The van der Waals surface area contributed by atoms with Crippen molar-refractivity contribution in [3.05, 3.63) is 53.3 Å². The summed E-state index contributed by atoms with van der Waals surface area (Å²) in [7, 11) is 6.19. The van der Waals surface area contributed by atoms with Gasteiger partial charge in [0.25, 0.3) is 5.91 Å². The van der Waals surface area contributed by atoms with E-state index in [0.29, 0.717) is 48.9 Å². The predicted molar refractivity (Wildman–Crippen MR) is 124 cm³/mol. The number of carbonyl (C=O) groups excluding carboxylic acids is 2. The number of nitrogens with zero attached hydrogens (tertiary/aromatic N) is 1. The average molecular weight is 475 g/mol. The van der Waals surface area contributed by atoms with Crippen molar-refractivity contribution in [2.24, 2.45) is 5.92 Å². The van der Waals surface area contributed by atoms with E-state index in [1.54, 1.807) is 12.0 Å². The van der Waals surface area contributed by atoms with E-state index >= 15 is 0 Å². The van der Waals surface area contributed by atoms with E-state index in [4.69, 9.17) is 18.9 Å². The Bertz CT molecular complexity index is 972. The molecule has 0 aromatic heterocycles. The van der Waals surface area contributed by atoms with Crippen LogP contribution in [0.1, 0.15) is 28.3 Å². The van der Waals surface area contributed by atoms with Crippen LogP contribution in [0.3, 0.4) is 0 Å². The molecule has 0 spiro atoms. The van der Waals surface area contributed by atoms with Crippen LogP contribution >= 0.6 is 0 Å². The lowest BCUT2D eigenvalue weighted by Crippen LogP contribution is -2.36. The molecule has 2 aromatic rings. The highest BCUT2D eigenvalue weighted by atomic mass is 19.1. The van der Waals surface area contributed by atoms with Gasteiger partial charge in [0, 0.05) is 44.8 Å². The first-order chi connectivity index (χ1) is 16.4. The van der Waals surface area contributed by atoms with Crippen molar-refractivity contribution < 1.29 is 32.9 Å². The summed E-state index contributed by atoms with van der Waals surface area (Å²) in [5.41, 5.74) is 1.16. The maximum atomic E-state index is 13.3. The molecule has 1 saturated heterocycles. The fraction of sp³-hybridized carbons (Fsp3) is 0.440. The highest BCUT2D eigenvalue weighted by Crippen LogP contribution is 2.43. The van der Waals surface area contributed by atoms with Crippen LogP contribution in [-0.2, 0) is 9.53 Å². The molecule has 1 heterocycles. The second kappa shape index (κ2) is 11.7. The quantitative estimate of drug-likeness (QED) is 0.533. The zero-order valence-electron chi connectivity index (χ0n) is 19.9. The van der Waals surface area contributed by atoms with Crippen LogP contribution in [0.4, 0.5) is 4.39 Å². The molecule has 0 saturated carbocycles. The summed E-state index contributed by atoms with van der Waals surface area (Å²) in [6.45, 7) is 1.55. The molecule has 2 aromatic carbocycles. The number of benzene rings is 2. The Kier molecular flexibility index (Phi) is 8.70. The molecule has 0 bridgehead atoms. The summed E-state index contributed by atoms with van der Waals surface area (Å²) in [6, 6.07) is 9.01. The number of hydrogen-bond donors (Lipinski definition) is 1. The highest BCUT2D eigenvalue weighted by Gasteiger charge is 2.41. The van der Waals surface area contributed by atoms with E-state index in [1.807, 2.05) is 12.1 Å². The van der Waals surface area contributed by atoms with Gasteiger partial charge in [-0.15, -0.1) is 0 Å². The van der Waals surface area contributed by atoms with Crippen molar-refractivity contribution in [3.8, 4) is 17.2 Å². The van der Waals surface area contributed by atoms with Gasteiger partial charge in [-0.25, -0.2) is 4.39 Å². The molecule has 0 unspecified atom stereocenters. The summed E-state index contributed by atoms with van der Waals surface area (Å²) in [5.74, 6) is -0.223. The minimum atomic E-state index is -0.491. The summed E-state index contributed by atoms with van der Waals surface area (Å²) in [6.07, 6.45) is 0.683. The molecule has 1 aliphatic heterocycles. The van der Waals surface area contributed by atoms with Gasteiger partial charge in [-0.2, -0.15) is 0 Å². The molecular formula is C25H31FN2O6. The Hall–Kier alpha value is -3.33. The van der Waals surface area contributed by atoms with Crippen molar-refractivity contribution in [2.45, 2.75) is 12.3 Å². The third-order valence-electron chi connectivity index (χ3n) is 5.97. The number of likely N-dealkylation sites (tertiary alicyclic amines) is 1. The van der Waals surface area contributed by atoms with Crippen molar-refractivity contribution in [3.63, 3.8) is 0 Å². The van der Waals surface area contributed by atoms with Crippen LogP contribution in [0.5, 0.6) is 17.2 Å². The second-order valence-corrected chi connectivity index (χ2v) is 8.03. The largest absolute Gasteiger partial charge is 0.493 e. The molecule has 1 aliphatic rings. The Labute approximate surface area is 198 Å². The predicted octanol–water partition coefficient (Wildman–Crippen LogP) is 2.86. The van der Waals surface area contributed by atoms with E-state index in [2.05, 4.69) is 5.32 Å². The normalized spacial score (nSPS) is 17.4. The van der Waals surface area contributed by atoms with E-state index in [0.717, 1.165) is 5.56 Å². The summed E-state index contributed by atoms with van der Waals surface area (Å²) in [4.78, 5) is 27.9. The number of hydrogen-bond acceptors (Lipinski definition) is 6. The maximum Gasteiger partial charge on any atom is 0.253 e. The lowest BCUT2D eigenvalue weighted by atomic mass is 9.88.